The zero-order valence-corrected chi connectivity index (χ0v) is 21.7. The molecule has 1 heterocycles. The van der Waals surface area contributed by atoms with Crippen molar-refractivity contribution in [2.24, 2.45) is 0 Å². The Morgan fingerprint density at radius 3 is 2.48 bits per heavy atom. The zero-order chi connectivity index (χ0) is 28.8. The van der Waals surface area contributed by atoms with Crippen LogP contribution in [0.5, 0.6) is 11.5 Å². The highest BCUT2D eigenvalue weighted by Gasteiger charge is 2.24. The van der Waals surface area contributed by atoms with Gasteiger partial charge in [0.1, 0.15) is 24.6 Å². The summed E-state index contributed by atoms with van der Waals surface area (Å²) in [4.78, 5) is 29.9. The van der Waals surface area contributed by atoms with Crippen molar-refractivity contribution in [1.82, 2.24) is 15.2 Å². The van der Waals surface area contributed by atoms with Crippen LogP contribution in [0, 0.1) is 17.5 Å². The second kappa shape index (κ2) is 12.2. The van der Waals surface area contributed by atoms with Crippen molar-refractivity contribution in [1.29, 1.82) is 0 Å². The standard InChI is InChI=1S/C27H25F3N6O4/c1-35(12-24(38)33-18-6-4-17(28)5-7-18)21-9-8-19(29)25(26(21)36(2)15-37)16-10-20(30)27(22(11-16)39-3)40-13-23-31-14-32-34-23/h4-11,14-15H,12-13H2,1-3H3,(H,33,38)(H,31,32,34). The van der Waals surface area contributed by atoms with Gasteiger partial charge >= 0.3 is 0 Å². The van der Waals surface area contributed by atoms with Crippen molar-refractivity contribution in [2.75, 3.05) is 42.9 Å². The molecule has 0 fully saturated rings. The zero-order valence-electron chi connectivity index (χ0n) is 21.7. The predicted octanol–water partition coefficient (Wildman–Crippen LogP) is 4.14. The fourth-order valence-electron chi connectivity index (χ4n) is 4.03. The monoisotopic (exact) mass is 554 g/mol. The third-order valence-electron chi connectivity index (χ3n) is 5.88. The number of hydrogen-bond acceptors (Lipinski definition) is 7. The molecule has 0 unspecified atom stereocenters. The Balaban J connectivity index is 1.69. The van der Waals surface area contributed by atoms with E-state index < -0.39 is 23.4 Å². The lowest BCUT2D eigenvalue weighted by Crippen LogP contribution is -2.31. The third-order valence-corrected chi connectivity index (χ3v) is 5.88. The summed E-state index contributed by atoms with van der Waals surface area (Å²) in [6, 6.07) is 10.2. The number of aromatic nitrogens is 3. The van der Waals surface area contributed by atoms with Crippen LogP contribution in [-0.4, -0.2) is 55.2 Å². The van der Waals surface area contributed by atoms with Gasteiger partial charge in [-0.25, -0.2) is 13.2 Å². The first-order valence-corrected chi connectivity index (χ1v) is 11.8. The van der Waals surface area contributed by atoms with Crippen LogP contribution < -0.4 is 24.6 Å². The summed E-state index contributed by atoms with van der Waals surface area (Å²) in [7, 11) is 4.28. The Hall–Kier alpha value is -5.07. The summed E-state index contributed by atoms with van der Waals surface area (Å²) >= 11 is 0. The van der Waals surface area contributed by atoms with Crippen molar-refractivity contribution >= 4 is 29.4 Å². The molecule has 0 saturated heterocycles. The summed E-state index contributed by atoms with van der Waals surface area (Å²) in [5.74, 6) is -2.37. The second-order valence-electron chi connectivity index (χ2n) is 8.63. The molecule has 0 bridgehead atoms. The van der Waals surface area contributed by atoms with Crippen LogP contribution in [0.4, 0.5) is 30.2 Å². The average molecular weight is 555 g/mol. The minimum absolute atomic E-state index is 0.0222. The molecule has 2 N–H and O–H groups in total. The Bertz CT molecular complexity index is 1500. The smallest absolute Gasteiger partial charge is 0.243 e. The Labute approximate surface area is 227 Å². The quantitative estimate of drug-likeness (QED) is 0.268. The van der Waals surface area contributed by atoms with Gasteiger partial charge in [0.25, 0.3) is 0 Å². The van der Waals surface area contributed by atoms with Gasteiger partial charge in [0, 0.05) is 25.3 Å². The molecule has 208 valence electrons. The average Bonchev–Trinajstić information content (AvgIpc) is 3.46. The van der Waals surface area contributed by atoms with E-state index in [0.29, 0.717) is 23.6 Å². The van der Waals surface area contributed by atoms with Crippen molar-refractivity contribution in [3.8, 4) is 22.6 Å². The molecule has 3 aromatic carbocycles. The fraction of sp³-hybridized carbons (Fsp3) is 0.185. The van der Waals surface area contributed by atoms with Crippen LogP contribution in [0.1, 0.15) is 5.82 Å². The molecule has 0 spiro atoms. The molecule has 2 amide bonds. The maximum absolute atomic E-state index is 15.4. The van der Waals surface area contributed by atoms with Crippen LogP contribution in [0.25, 0.3) is 11.1 Å². The lowest BCUT2D eigenvalue weighted by molar-refractivity contribution is -0.115. The van der Waals surface area contributed by atoms with E-state index in [9.17, 15) is 14.0 Å². The van der Waals surface area contributed by atoms with Gasteiger partial charge in [0.2, 0.25) is 12.3 Å². The van der Waals surface area contributed by atoms with E-state index in [2.05, 4.69) is 20.5 Å². The molecule has 0 atom stereocenters. The van der Waals surface area contributed by atoms with Crippen molar-refractivity contribution < 1.29 is 32.2 Å². The van der Waals surface area contributed by atoms with E-state index >= 15 is 8.78 Å². The second-order valence-corrected chi connectivity index (χ2v) is 8.63. The Morgan fingerprint density at radius 2 is 1.82 bits per heavy atom. The van der Waals surface area contributed by atoms with Gasteiger partial charge in [-0.15, -0.1) is 10.2 Å². The van der Waals surface area contributed by atoms with Gasteiger partial charge in [-0.2, -0.15) is 0 Å². The van der Waals surface area contributed by atoms with E-state index in [1.54, 1.807) is 7.05 Å². The highest BCUT2D eigenvalue weighted by atomic mass is 19.1. The molecule has 4 aromatic rings. The van der Waals surface area contributed by atoms with Gasteiger partial charge in [0.05, 0.1) is 25.0 Å². The number of benzene rings is 3. The first kappa shape index (κ1) is 28.0. The molecule has 4 rings (SSSR count). The summed E-state index contributed by atoms with van der Waals surface area (Å²) in [5, 5.41) is 10.1. The molecule has 0 aliphatic heterocycles. The van der Waals surface area contributed by atoms with Crippen LogP contribution in [0.2, 0.25) is 0 Å². The minimum Gasteiger partial charge on any atom is -0.493 e. The number of likely N-dealkylation sites (N-methyl/N-ethyl adjacent to an activating group) is 1. The number of halogens is 3. The summed E-state index contributed by atoms with van der Waals surface area (Å²) in [5.41, 5.74) is 0.748. The molecule has 0 saturated carbocycles. The number of hydrogen-bond donors (Lipinski definition) is 2. The van der Waals surface area contributed by atoms with Crippen LogP contribution in [0.15, 0.2) is 54.9 Å². The van der Waals surface area contributed by atoms with Crippen LogP contribution in [0.3, 0.4) is 0 Å². The maximum atomic E-state index is 15.4. The van der Waals surface area contributed by atoms with Crippen molar-refractivity contribution in [3.05, 3.63) is 78.1 Å². The van der Waals surface area contributed by atoms with Gasteiger partial charge in [0.15, 0.2) is 23.1 Å². The third kappa shape index (κ3) is 6.14. The minimum atomic E-state index is -0.842. The van der Waals surface area contributed by atoms with Crippen molar-refractivity contribution in [3.63, 3.8) is 0 Å². The summed E-state index contributed by atoms with van der Waals surface area (Å²) < 4.78 is 54.7. The number of H-pyrrole nitrogens is 1. The number of amides is 2. The van der Waals surface area contributed by atoms with Gasteiger partial charge in [-0.1, -0.05) is 0 Å². The van der Waals surface area contributed by atoms with Crippen molar-refractivity contribution in [2.45, 2.75) is 6.61 Å². The van der Waals surface area contributed by atoms with Gasteiger partial charge in [-0.3, -0.25) is 9.59 Å². The number of ether oxygens (including phenoxy) is 2. The van der Waals surface area contributed by atoms with E-state index in [4.69, 9.17) is 9.47 Å². The Kier molecular flexibility index (Phi) is 8.52. The molecule has 0 aliphatic rings. The first-order valence-electron chi connectivity index (χ1n) is 11.8. The molecule has 10 nitrogen and oxygen atoms in total. The number of carbonyl (C=O) groups is 2. The van der Waals surface area contributed by atoms with E-state index in [0.717, 1.165) is 17.0 Å². The Morgan fingerprint density at radius 1 is 1.07 bits per heavy atom. The molecule has 13 heteroatoms. The van der Waals surface area contributed by atoms with Crippen LogP contribution in [-0.2, 0) is 16.2 Å². The van der Waals surface area contributed by atoms with Gasteiger partial charge in [-0.05, 0) is 54.1 Å². The maximum Gasteiger partial charge on any atom is 0.243 e. The molecule has 1 aromatic heterocycles. The highest BCUT2D eigenvalue weighted by molar-refractivity contribution is 5.98. The number of nitrogens with one attached hydrogen (secondary N) is 2. The number of rotatable bonds is 11. The summed E-state index contributed by atoms with van der Waals surface area (Å²) in [6.07, 6.45) is 1.82. The molecule has 0 aliphatic carbocycles. The van der Waals surface area contributed by atoms with E-state index in [1.807, 2.05) is 0 Å². The molecular formula is C27H25F3N6O4. The predicted molar refractivity (Wildman–Crippen MR) is 142 cm³/mol. The highest BCUT2D eigenvalue weighted by Crippen LogP contribution is 2.43. The topological polar surface area (TPSA) is 113 Å². The number of aromatic amines is 1. The summed E-state index contributed by atoms with van der Waals surface area (Å²) in [6.45, 7) is -0.325. The number of anilines is 3. The number of methoxy groups -OCH3 is 1. The number of carbonyl (C=O) groups excluding carboxylic acids is 2. The normalized spacial score (nSPS) is 10.7. The van der Waals surface area contributed by atoms with E-state index in [1.165, 1.54) is 61.8 Å². The van der Waals surface area contributed by atoms with E-state index in [-0.39, 0.29) is 41.5 Å². The van der Waals surface area contributed by atoms with Crippen LogP contribution >= 0.6 is 0 Å². The molecular weight excluding hydrogens is 529 g/mol. The number of nitrogens with zero attached hydrogens (tertiary/aromatic N) is 4. The molecule has 40 heavy (non-hydrogen) atoms. The fourth-order valence-corrected chi connectivity index (χ4v) is 4.03. The lowest BCUT2D eigenvalue weighted by atomic mass is 9.99. The van der Waals surface area contributed by atoms with Gasteiger partial charge < -0.3 is 29.6 Å². The molecule has 0 radical (unpaired) electrons. The largest absolute Gasteiger partial charge is 0.493 e. The first-order chi connectivity index (χ1) is 19.2. The lowest BCUT2D eigenvalue weighted by Gasteiger charge is -2.27. The SMILES string of the molecule is COc1cc(-c2c(F)ccc(N(C)CC(=O)Nc3ccc(F)cc3)c2N(C)C=O)cc(F)c1OCc1nnc[nH]1.